The molecule has 0 unspecified atom stereocenters. The molecule has 0 bridgehead atoms. The van der Waals surface area contributed by atoms with Gasteiger partial charge in [0, 0.05) is 17.2 Å². The van der Waals surface area contributed by atoms with Crippen molar-refractivity contribution in [3.05, 3.63) is 100 Å². The number of H-pyrrole nitrogens is 1. The van der Waals surface area contributed by atoms with E-state index in [2.05, 4.69) is 20.5 Å². The van der Waals surface area contributed by atoms with Crippen molar-refractivity contribution in [3.8, 4) is 28.5 Å². The van der Waals surface area contributed by atoms with Gasteiger partial charge >= 0.3 is 0 Å². The average molecular weight is 457 g/mol. The summed E-state index contributed by atoms with van der Waals surface area (Å²) < 4.78 is 16.7. The van der Waals surface area contributed by atoms with Crippen molar-refractivity contribution in [2.75, 3.05) is 19.6 Å². The second kappa shape index (κ2) is 10.8. The molecule has 2 N–H and O–H groups in total. The highest BCUT2D eigenvalue weighted by Gasteiger charge is 2.10. The number of para-hydroxylation sites is 1. The van der Waals surface area contributed by atoms with Gasteiger partial charge in [0.2, 0.25) is 5.95 Å². The second-order valence-corrected chi connectivity index (χ2v) is 7.23. The SMILES string of the molecule is COc1ccc(-c2cc(=O)[nH]c(N/N=C\c3cccc(OC)c3OCc3ccccc3)n2)cc1. The van der Waals surface area contributed by atoms with E-state index >= 15 is 0 Å². The summed E-state index contributed by atoms with van der Waals surface area (Å²) in [7, 11) is 3.18. The molecule has 0 aliphatic carbocycles. The first kappa shape index (κ1) is 22.6. The van der Waals surface area contributed by atoms with E-state index in [9.17, 15) is 4.79 Å². The molecule has 3 aromatic carbocycles. The summed E-state index contributed by atoms with van der Waals surface area (Å²) in [4.78, 5) is 19.2. The van der Waals surface area contributed by atoms with E-state index in [1.807, 2.05) is 72.8 Å². The first-order valence-electron chi connectivity index (χ1n) is 10.5. The predicted octanol–water partition coefficient (Wildman–Crippen LogP) is 4.48. The molecule has 1 aromatic heterocycles. The highest BCUT2D eigenvalue weighted by Crippen LogP contribution is 2.31. The summed E-state index contributed by atoms with van der Waals surface area (Å²) in [6.45, 7) is 0.383. The summed E-state index contributed by atoms with van der Waals surface area (Å²) in [5.41, 5.74) is 5.52. The smallest absolute Gasteiger partial charge is 0.252 e. The number of anilines is 1. The number of hydrazone groups is 1. The van der Waals surface area contributed by atoms with E-state index in [0.29, 0.717) is 29.4 Å². The summed E-state index contributed by atoms with van der Waals surface area (Å²) in [5, 5.41) is 4.24. The first-order chi connectivity index (χ1) is 16.7. The highest BCUT2D eigenvalue weighted by atomic mass is 16.5. The Bertz CT molecular complexity index is 1320. The molecule has 0 radical (unpaired) electrons. The number of hydrogen-bond donors (Lipinski definition) is 2. The van der Waals surface area contributed by atoms with Crippen LogP contribution in [-0.4, -0.2) is 30.4 Å². The van der Waals surface area contributed by atoms with E-state index in [1.165, 1.54) is 6.07 Å². The molecule has 0 fully saturated rings. The molecule has 172 valence electrons. The largest absolute Gasteiger partial charge is 0.497 e. The number of nitrogens with one attached hydrogen (secondary N) is 2. The van der Waals surface area contributed by atoms with Crippen LogP contribution in [0.3, 0.4) is 0 Å². The Morgan fingerprint density at radius 3 is 2.50 bits per heavy atom. The van der Waals surface area contributed by atoms with Gasteiger partial charge < -0.3 is 14.2 Å². The molecule has 34 heavy (non-hydrogen) atoms. The highest BCUT2D eigenvalue weighted by molar-refractivity contribution is 5.85. The maximum atomic E-state index is 12.1. The van der Waals surface area contributed by atoms with Gasteiger partial charge in [-0.25, -0.2) is 10.4 Å². The van der Waals surface area contributed by atoms with Crippen LogP contribution >= 0.6 is 0 Å². The summed E-state index contributed by atoms with van der Waals surface area (Å²) in [5.74, 6) is 2.09. The molecular weight excluding hydrogens is 432 g/mol. The van der Waals surface area contributed by atoms with E-state index in [1.54, 1.807) is 20.4 Å². The van der Waals surface area contributed by atoms with Crippen molar-refractivity contribution in [1.82, 2.24) is 9.97 Å². The van der Waals surface area contributed by atoms with E-state index in [0.717, 1.165) is 16.9 Å². The van der Waals surface area contributed by atoms with Crippen LogP contribution in [0.5, 0.6) is 17.2 Å². The van der Waals surface area contributed by atoms with Crippen molar-refractivity contribution in [1.29, 1.82) is 0 Å². The molecule has 0 amide bonds. The van der Waals surface area contributed by atoms with Crippen molar-refractivity contribution < 1.29 is 14.2 Å². The van der Waals surface area contributed by atoms with Gasteiger partial charge in [-0.1, -0.05) is 36.4 Å². The monoisotopic (exact) mass is 456 g/mol. The van der Waals surface area contributed by atoms with Gasteiger partial charge in [0.15, 0.2) is 11.5 Å². The van der Waals surface area contributed by atoms with Crippen LogP contribution in [0.25, 0.3) is 11.3 Å². The van der Waals surface area contributed by atoms with Gasteiger partial charge in [-0.05, 0) is 42.0 Å². The number of rotatable bonds is 9. The van der Waals surface area contributed by atoms with Crippen molar-refractivity contribution in [2.24, 2.45) is 5.10 Å². The number of aromatic amines is 1. The van der Waals surface area contributed by atoms with Crippen molar-refractivity contribution >= 4 is 12.2 Å². The molecule has 0 saturated heterocycles. The zero-order valence-electron chi connectivity index (χ0n) is 18.8. The second-order valence-electron chi connectivity index (χ2n) is 7.23. The third kappa shape index (κ3) is 5.60. The minimum Gasteiger partial charge on any atom is -0.497 e. The predicted molar refractivity (Wildman–Crippen MR) is 132 cm³/mol. The number of ether oxygens (including phenoxy) is 3. The average Bonchev–Trinajstić information content (AvgIpc) is 2.88. The fourth-order valence-corrected chi connectivity index (χ4v) is 3.26. The van der Waals surface area contributed by atoms with Crippen LogP contribution in [0.2, 0.25) is 0 Å². The lowest BCUT2D eigenvalue weighted by Gasteiger charge is -2.13. The normalized spacial score (nSPS) is 10.8. The molecule has 0 saturated carbocycles. The van der Waals surface area contributed by atoms with Gasteiger partial charge in [-0.15, -0.1) is 0 Å². The van der Waals surface area contributed by atoms with E-state index in [4.69, 9.17) is 14.2 Å². The lowest BCUT2D eigenvalue weighted by molar-refractivity contribution is 0.284. The van der Waals surface area contributed by atoms with Crippen LogP contribution in [0.1, 0.15) is 11.1 Å². The van der Waals surface area contributed by atoms with Crippen molar-refractivity contribution in [3.63, 3.8) is 0 Å². The Kier molecular flexibility index (Phi) is 7.19. The molecule has 8 nitrogen and oxygen atoms in total. The first-order valence-corrected chi connectivity index (χ1v) is 10.5. The molecule has 4 aromatic rings. The summed E-state index contributed by atoms with van der Waals surface area (Å²) >= 11 is 0. The quantitative estimate of drug-likeness (QED) is 0.285. The standard InChI is InChI=1S/C26H24N4O4/c1-32-21-13-11-19(12-14-21)22-15-24(31)29-26(28-22)30-27-16-20-9-6-10-23(33-2)25(20)34-17-18-7-4-3-5-8-18/h3-16H,17H2,1-2H3,(H2,28,29,30,31)/b27-16-. The summed E-state index contributed by atoms with van der Waals surface area (Å²) in [6.07, 6.45) is 1.59. The lowest BCUT2D eigenvalue weighted by atomic mass is 10.1. The molecule has 0 atom stereocenters. The van der Waals surface area contributed by atoms with Crippen LogP contribution in [0.15, 0.2) is 88.8 Å². The van der Waals surface area contributed by atoms with Crippen LogP contribution in [-0.2, 0) is 6.61 Å². The van der Waals surface area contributed by atoms with Crippen LogP contribution < -0.4 is 25.2 Å². The molecule has 0 spiro atoms. The fraction of sp³-hybridized carbons (Fsp3) is 0.115. The molecule has 0 aliphatic heterocycles. The minimum atomic E-state index is -0.299. The van der Waals surface area contributed by atoms with Gasteiger partial charge in [-0.2, -0.15) is 5.10 Å². The number of benzene rings is 3. The zero-order valence-corrected chi connectivity index (χ0v) is 18.8. The lowest BCUT2D eigenvalue weighted by Crippen LogP contribution is -2.10. The van der Waals surface area contributed by atoms with E-state index < -0.39 is 0 Å². The van der Waals surface area contributed by atoms with Gasteiger partial charge in [0.05, 0.1) is 26.1 Å². The topological polar surface area (TPSA) is 97.8 Å². The maximum absolute atomic E-state index is 12.1. The fourth-order valence-electron chi connectivity index (χ4n) is 3.26. The Morgan fingerprint density at radius 1 is 0.971 bits per heavy atom. The van der Waals surface area contributed by atoms with Crippen LogP contribution in [0.4, 0.5) is 5.95 Å². The number of nitrogens with zero attached hydrogens (tertiary/aromatic N) is 2. The number of methoxy groups -OCH3 is 2. The Hall–Kier alpha value is -4.59. The van der Waals surface area contributed by atoms with Crippen LogP contribution in [0, 0.1) is 0 Å². The minimum absolute atomic E-state index is 0.212. The van der Waals surface area contributed by atoms with E-state index in [-0.39, 0.29) is 11.5 Å². The Labute approximate surface area is 196 Å². The van der Waals surface area contributed by atoms with Gasteiger partial charge in [0.25, 0.3) is 5.56 Å². The number of hydrogen-bond acceptors (Lipinski definition) is 7. The van der Waals surface area contributed by atoms with Gasteiger partial charge in [-0.3, -0.25) is 9.78 Å². The molecule has 1 heterocycles. The molecule has 8 heteroatoms. The molecule has 4 rings (SSSR count). The molecular formula is C26H24N4O4. The number of aromatic nitrogens is 2. The maximum Gasteiger partial charge on any atom is 0.252 e. The Morgan fingerprint density at radius 2 is 1.76 bits per heavy atom. The zero-order chi connectivity index (χ0) is 23.8. The summed E-state index contributed by atoms with van der Waals surface area (Å²) in [6, 6.07) is 24.1. The van der Waals surface area contributed by atoms with Crippen molar-refractivity contribution in [2.45, 2.75) is 6.61 Å². The third-order valence-corrected chi connectivity index (χ3v) is 4.96. The third-order valence-electron chi connectivity index (χ3n) is 4.96. The Balaban J connectivity index is 1.53. The van der Waals surface area contributed by atoms with Gasteiger partial charge in [0.1, 0.15) is 12.4 Å². The molecule has 0 aliphatic rings.